The lowest BCUT2D eigenvalue weighted by Gasteiger charge is -2.21. The first-order chi connectivity index (χ1) is 13.5. The van der Waals surface area contributed by atoms with Crippen molar-refractivity contribution in [3.8, 4) is 5.75 Å². The third kappa shape index (κ3) is 6.45. The van der Waals surface area contributed by atoms with Gasteiger partial charge in [0.05, 0.1) is 12.0 Å². The molecule has 3 N–H and O–H groups in total. The van der Waals surface area contributed by atoms with Gasteiger partial charge < -0.3 is 15.4 Å². The second-order valence-corrected chi connectivity index (χ2v) is 8.52. The zero-order valence-corrected chi connectivity index (χ0v) is 17.7. The smallest absolute Gasteiger partial charge is 0.343 e. The predicted octanol–water partition coefficient (Wildman–Crippen LogP) is 3.41. The van der Waals surface area contributed by atoms with Crippen LogP contribution in [0.5, 0.6) is 5.75 Å². The Morgan fingerprint density at radius 3 is 2.14 bits per heavy atom. The molecule has 0 saturated heterocycles. The molecule has 0 heterocycles. The average molecular weight is 396 g/mol. The molecule has 0 spiro atoms. The Hall–Kier alpha value is -3.15. The van der Waals surface area contributed by atoms with E-state index in [2.05, 4.69) is 20.8 Å². The number of nitrogen functional groups attached to an aromatic ring is 1. The van der Waals surface area contributed by atoms with Crippen LogP contribution in [-0.4, -0.2) is 36.7 Å². The predicted molar refractivity (Wildman–Crippen MR) is 114 cm³/mol. The summed E-state index contributed by atoms with van der Waals surface area (Å²) in [4.78, 5) is 26.2. The number of rotatable bonds is 6. The molecule has 0 aliphatic rings. The van der Waals surface area contributed by atoms with Crippen molar-refractivity contribution < 1.29 is 14.3 Å². The monoisotopic (exact) mass is 395 g/mol. The van der Waals surface area contributed by atoms with Gasteiger partial charge in [0.1, 0.15) is 11.6 Å². The minimum absolute atomic E-state index is 0.0158. The first-order valence-electron chi connectivity index (χ1n) is 9.45. The van der Waals surface area contributed by atoms with Crippen LogP contribution in [0.25, 0.3) is 0 Å². The second-order valence-electron chi connectivity index (χ2n) is 8.52. The van der Waals surface area contributed by atoms with Gasteiger partial charge in [0.15, 0.2) is 0 Å². The summed E-state index contributed by atoms with van der Waals surface area (Å²) in [5.74, 6) is -0.0312. The fourth-order valence-corrected chi connectivity index (χ4v) is 2.83. The zero-order valence-electron chi connectivity index (χ0n) is 17.7. The first kappa shape index (κ1) is 22.1. The van der Waals surface area contributed by atoms with Crippen LogP contribution in [0.1, 0.15) is 47.8 Å². The lowest BCUT2D eigenvalue weighted by atomic mass is 9.87. The summed E-state index contributed by atoms with van der Waals surface area (Å²) < 4.78 is 5.67. The van der Waals surface area contributed by atoms with Crippen molar-refractivity contribution in [3.63, 3.8) is 0 Å². The van der Waals surface area contributed by atoms with Gasteiger partial charge in [-0.25, -0.2) is 4.79 Å². The summed E-state index contributed by atoms with van der Waals surface area (Å²) in [6.45, 7) is 6.32. The molecule has 0 radical (unpaired) electrons. The Labute approximate surface area is 172 Å². The van der Waals surface area contributed by atoms with Crippen LogP contribution >= 0.6 is 0 Å². The molecule has 2 rings (SSSR count). The number of ether oxygens (including phenoxy) is 1. The molecule has 0 saturated carbocycles. The van der Waals surface area contributed by atoms with E-state index < -0.39 is 5.97 Å². The summed E-state index contributed by atoms with van der Waals surface area (Å²) in [5.41, 5.74) is 8.12. The summed E-state index contributed by atoms with van der Waals surface area (Å²) in [6.07, 6.45) is 0.994. The highest BCUT2D eigenvalue weighted by molar-refractivity contribution is 5.97. The molecule has 0 unspecified atom stereocenters. The largest absolute Gasteiger partial charge is 0.423 e. The van der Waals surface area contributed by atoms with Crippen molar-refractivity contribution in [2.45, 2.75) is 33.6 Å². The number of esters is 1. The third-order valence-electron chi connectivity index (χ3n) is 4.33. The van der Waals surface area contributed by atoms with Gasteiger partial charge in [-0.2, -0.15) is 0 Å². The molecule has 154 valence electrons. The number of amides is 1. The SMILES string of the molecule is CN(C)C(=O)Cc1ccc(OC(=O)c2ccc(C(=N)N)cc2)c(CC(C)(C)C)c1. The summed E-state index contributed by atoms with van der Waals surface area (Å²) in [6, 6.07) is 11.9. The maximum absolute atomic E-state index is 12.6. The molecule has 1 amide bonds. The normalized spacial score (nSPS) is 11.1. The highest BCUT2D eigenvalue weighted by Gasteiger charge is 2.19. The third-order valence-corrected chi connectivity index (χ3v) is 4.33. The molecule has 0 bridgehead atoms. The number of nitrogens with two attached hydrogens (primary N) is 1. The quantitative estimate of drug-likeness (QED) is 0.339. The Balaban J connectivity index is 2.28. The average Bonchev–Trinajstić information content (AvgIpc) is 2.62. The Kier molecular flexibility index (Phi) is 6.80. The number of carbonyl (C=O) groups excluding carboxylic acids is 2. The first-order valence-corrected chi connectivity index (χ1v) is 9.45. The van der Waals surface area contributed by atoms with E-state index in [4.69, 9.17) is 15.9 Å². The standard InChI is InChI=1S/C23H29N3O3/c1-23(2,3)14-18-12-15(13-20(27)26(4)5)6-11-19(18)29-22(28)17-9-7-16(8-10-17)21(24)25/h6-12H,13-14H2,1-5H3,(H3,24,25). The molecule has 29 heavy (non-hydrogen) atoms. The van der Waals surface area contributed by atoms with Gasteiger partial charge in [0.25, 0.3) is 0 Å². The number of likely N-dealkylation sites (N-methyl/N-ethyl adjacent to an activating group) is 1. The van der Waals surface area contributed by atoms with E-state index in [1.165, 1.54) is 0 Å². The lowest BCUT2D eigenvalue weighted by molar-refractivity contribution is -0.127. The van der Waals surface area contributed by atoms with Crippen LogP contribution < -0.4 is 10.5 Å². The molecule has 2 aromatic rings. The number of nitrogens with one attached hydrogen (secondary N) is 1. The van der Waals surface area contributed by atoms with Gasteiger partial charge in [0, 0.05) is 19.7 Å². The van der Waals surface area contributed by atoms with E-state index >= 15 is 0 Å². The van der Waals surface area contributed by atoms with Gasteiger partial charge in [-0.1, -0.05) is 45.0 Å². The fourth-order valence-electron chi connectivity index (χ4n) is 2.83. The summed E-state index contributed by atoms with van der Waals surface area (Å²) >= 11 is 0. The van der Waals surface area contributed by atoms with Crippen LogP contribution in [0.15, 0.2) is 42.5 Å². The van der Waals surface area contributed by atoms with E-state index in [0.717, 1.165) is 11.1 Å². The Bertz CT molecular complexity index is 910. The second kappa shape index (κ2) is 8.90. The molecular weight excluding hydrogens is 366 g/mol. The topological polar surface area (TPSA) is 96.5 Å². The maximum atomic E-state index is 12.6. The Morgan fingerprint density at radius 1 is 1.03 bits per heavy atom. The molecular formula is C23H29N3O3. The minimum atomic E-state index is -0.479. The molecule has 0 aliphatic carbocycles. The number of hydrogen-bond donors (Lipinski definition) is 2. The molecule has 0 atom stereocenters. The van der Waals surface area contributed by atoms with Crippen molar-refractivity contribution in [2.24, 2.45) is 11.1 Å². The zero-order chi connectivity index (χ0) is 21.8. The number of hydrogen-bond acceptors (Lipinski definition) is 4. The number of nitrogens with zero attached hydrogens (tertiary/aromatic N) is 1. The van der Waals surface area contributed by atoms with Crippen LogP contribution in [0.2, 0.25) is 0 Å². The van der Waals surface area contributed by atoms with Crippen LogP contribution in [-0.2, 0) is 17.6 Å². The molecule has 2 aromatic carbocycles. The summed E-state index contributed by atoms with van der Waals surface area (Å²) in [5, 5.41) is 7.43. The van der Waals surface area contributed by atoms with E-state index in [1.807, 2.05) is 12.1 Å². The molecule has 6 heteroatoms. The summed E-state index contributed by atoms with van der Waals surface area (Å²) in [7, 11) is 3.46. The van der Waals surface area contributed by atoms with Gasteiger partial charge in [0.2, 0.25) is 5.91 Å². The van der Waals surface area contributed by atoms with E-state index in [9.17, 15) is 9.59 Å². The van der Waals surface area contributed by atoms with E-state index in [-0.39, 0.29) is 17.2 Å². The fraction of sp³-hybridized carbons (Fsp3) is 0.348. The highest BCUT2D eigenvalue weighted by Crippen LogP contribution is 2.29. The van der Waals surface area contributed by atoms with Gasteiger partial charge in [-0.15, -0.1) is 0 Å². The van der Waals surface area contributed by atoms with Crippen molar-refractivity contribution in [3.05, 3.63) is 64.7 Å². The lowest BCUT2D eigenvalue weighted by Crippen LogP contribution is -2.23. The van der Waals surface area contributed by atoms with Crippen LogP contribution in [0.3, 0.4) is 0 Å². The minimum Gasteiger partial charge on any atom is -0.423 e. The molecule has 0 aromatic heterocycles. The molecule has 0 fully saturated rings. The van der Waals surface area contributed by atoms with E-state index in [0.29, 0.717) is 29.7 Å². The number of amidine groups is 1. The van der Waals surface area contributed by atoms with Gasteiger partial charge in [-0.3, -0.25) is 10.2 Å². The number of benzene rings is 2. The van der Waals surface area contributed by atoms with Gasteiger partial charge >= 0.3 is 5.97 Å². The van der Waals surface area contributed by atoms with Gasteiger partial charge in [-0.05, 0) is 41.2 Å². The van der Waals surface area contributed by atoms with Crippen molar-refractivity contribution >= 4 is 17.7 Å². The highest BCUT2D eigenvalue weighted by atomic mass is 16.5. The van der Waals surface area contributed by atoms with Crippen molar-refractivity contribution in [2.75, 3.05) is 14.1 Å². The number of carbonyl (C=O) groups is 2. The molecule has 0 aliphatic heterocycles. The van der Waals surface area contributed by atoms with Crippen LogP contribution in [0, 0.1) is 10.8 Å². The van der Waals surface area contributed by atoms with Crippen molar-refractivity contribution in [1.82, 2.24) is 4.90 Å². The van der Waals surface area contributed by atoms with E-state index in [1.54, 1.807) is 49.3 Å². The maximum Gasteiger partial charge on any atom is 0.343 e. The van der Waals surface area contributed by atoms with Crippen LogP contribution in [0.4, 0.5) is 0 Å². The Morgan fingerprint density at radius 2 is 1.62 bits per heavy atom. The molecule has 6 nitrogen and oxygen atoms in total. The van der Waals surface area contributed by atoms with Crippen molar-refractivity contribution in [1.29, 1.82) is 5.41 Å².